The van der Waals surface area contributed by atoms with E-state index < -0.39 is 0 Å². The lowest BCUT2D eigenvalue weighted by atomic mass is 9.88. The van der Waals surface area contributed by atoms with Crippen LogP contribution in [0.4, 0.5) is 10.5 Å². The van der Waals surface area contributed by atoms with Gasteiger partial charge < -0.3 is 10.6 Å². The molecule has 21 heavy (non-hydrogen) atoms. The third kappa shape index (κ3) is 3.07. The highest BCUT2D eigenvalue weighted by molar-refractivity contribution is 5.90. The van der Waals surface area contributed by atoms with Gasteiger partial charge in [0.2, 0.25) is 0 Å². The second-order valence-corrected chi connectivity index (χ2v) is 5.56. The van der Waals surface area contributed by atoms with Crippen molar-refractivity contribution in [2.45, 2.75) is 32.2 Å². The molecular formula is C18H20N2O. The number of aryl methyl sites for hydroxylation is 2. The summed E-state index contributed by atoms with van der Waals surface area (Å²) in [6.07, 6.45) is 3.22. The summed E-state index contributed by atoms with van der Waals surface area (Å²) in [6, 6.07) is 16.2. The minimum atomic E-state index is -0.133. The maximum absolute atomic E-state index is 12.2. The number of para-hydroxylation sites is 1. The van der Waals surface area contributed by atoms with Crippen LogP contribution in [0.3, 0.4) is 0 Å². The van der Waals surface area contributed by atoms with Crippen molar-refractivity contribution in [3.63, 3.8) is 0 Å². The zero-order valence-corrected chi connectivity index (χ0v) is 12.2. The Morgan fingerprint density at radius 2 is 1.86 bits per heavy atom. The van der Waals surface area contributed by atoms with Gasteiger partial charge in [-0.1, -0.05) is 42.5 Å². The predicted molar refractivity (Wildman–Crippen MR) is 85.5 cm³/mol. The molecule has 1 aliphatic carbocycles. The zero-order chi connectivity index (χ0) is 14.7. The maximum Gasteiger partial charge on any atom is 0.319 e. The first-order valence-electron chi connectivity index (χ1n) is 7.45. The van der Waals surface area contributed by atoms with Crippen LogP contribution in [0.2, 0.25) is 0 Å². The van der Waals surface area contributed by atoms with Crippen LogP contribution in [-0.2, 0) is 6.42 Å². The van der Waals surface area contributed by atoms with Crippen molar-refractivity contribution in [2.75, 3.05) is 5.32 Å². The average Bonchev–Trinajstić information content (AvgIpc) is 2.50. The number of nitrogens with one attached hydrogen (secondary N) is 2. The molecule has 1 aliphatic rings. The van der Waals surface area contributed by atoms with Crippen LogP contribution in [0.1, 0.15) is 35.6 Å². The monoisotopic (exact) mass is 280 g/mol. The molecule has 0 aliphatic heterocycles. The molecule has 1 atom stereocenters. The molecule has 3 heteroatoms. The fourth-order valence-corrected chi connectivity index (χ4v) is 2.93. The van der Waals surface area contributed by atoms with E-state index in [1.165, 1.54) is 11.1 Å². The van der Waals surface area contributed by atoms with Gasteiger partial charge in [-0.05, 0) is 48.9 Å². The standard InChI is InChI=1S/C18H20N2O/c1-13-7-2-5-11-16(13)19-18(21)20-17-12-6-9-14-8-3-4-10-15(14)17/h2-5,7-8,10-11,17H,6,9,12H2,1H3,(H2,19,20,21)/t17-/m0/s1. The van der Waals surface area contributed by atoms with E-state index in [4.69, 9.17) is 0 Å². The lowest BCUT2D eigenvalue weighted by Gasteiger charge is -2.26. The molecule has 2 N–H and O–H groups in total. The Hall–Kier alpha value is -2.29. The first-order chi connectivity index (χ1) is 10.2. The molecule has 0 spiro atoms. The molecule has 3 nitrogen and oxygen atoms in total. The predicted octanol–water partition coefficient (Wildman–Crippen LogP) is 4.19. The topological polar surface area (TPSA) is 41.1 Å². The van der Waals surface area contributed by atoms with Crippen LogP contribution in [0.25, 0.3) is 0 Å². The molecule has 0 bridgehead atoms. The van der Waals surface area contributed by atoms with Gasteiger partial charge in [-0.15, -0.1) is 0 Å². The van der Waals surface area contributed by atoms with Crippen molar-refractivity contribution in [1.29, 1.82) is 0 Å². The molecule has 0 heterocycles. The number of benzene rings is 2. The summed E-state index contributed by atoms with van der Waals surface area (Å²) in [7, 11) is 0. The summed E-state index contributed by atoms with van der Waals surface area (Å²) in [4.78, 5) is 12.2. The van der Waals surface area contributed by atoms with Crippen LogP contribution in [-0.4, -0.2) is 6.03 Å². The molecule has 2 aromatic rings. The quantitative estimate of drug-likeness (QED) is 0.850. The number of amides is 2. The molecule has 0 fully saturated rings. The summed E-state index contributed by atoms with van der Waals surface area (Å²) in [5.41, 5.74) is 4.53. The van der Waals surface area contributed by atoms with Crippen molar-refractivity contribution in [1.82, 2.24) is 5.32 Å². The summed E-state index contributed by atoms with van der Waals surface area (Å²) in [5, 5.41) is 6.04. The van der Waals surface area contributed by atoms with E-state index in [0.717, 1.165) is 30.5 Å². The second-order valence-electron chi connectivity index (χ2n) is 5.56. The van der Waals surface area contributed by atoms with Crippen LogP contribution < -0.4 is 10.6 Å². The van der Waals surface area contributed by atoms with Crippen molar-refractivity contribution < 1.29 is 4.79 Å². The number of rotatable bonds is 2. The Labute approximate surface area is 125 Å². The Kier molecular flexibility index (Phi) is 3.91. The van der Waals surface area contributed by atoms with Crippen molar-refractivity contribution in [3.8, 4) is 0 Å². The molecule has 0 saturated carbocycles. The number of urea groups is 1. The van der Waals surface area contributed by atoms with E-state index >= 15 is 0 Å². The first-order valence-corrected chi connectivity index (χ1v) is 7.45. The van der Waals surface area contributed by atoms with Gasteiger partial charge in [0.05, 0.1) is 6.04 Å². The van der Waals surface area contributed by atoms with Crippen molar-refractivity contribution >= 4 is 11.7 Å². The smallest absolute Gasteiger partial charge is 0.319 e. The molecule has 0 unspecified atom stereocenters. The Bertz CT molecular complexity index is 651. The van der Waals surface area contributed by atoms with Gasteiger partial charge in [-0.25, -0.2) is 4.79 Å². The number of carbonyl (C=O) groups excluding carboxylic acids is 1. The molecule has 0 radical (unpaired) electrons. The zero-order valence-electron chi connectivity index (χ0n) is 12.2. The number of hydrogen-bond acceptors (Lipinski definition) is 1. The number of anilines is 1. The third-order valence-electron chi connectivity index (χ3n) is 4.07. The van der Waals surface area contributed by atoms with E-state index in [2.05, 4.69) is 28.8 Å². The van der Waals surface area contributed by atoms with Gasteiger partial charge in [0.1, 0.15) is 0 Å². The molecule has 2 aromatic carbocycles. The summed E-state index contributed by atoms with van der Waals surface area (Å²) in [6.45, 7) is 1.99. The van der Waals surface area contributed by atoms with Gasteiger partial charge in [-0.2, -0.15) is 0 Å². The van der Waals surface area contributed by atoms with Crippen LogP contribution in [0.15, 0.2) is 48.5 Å². The Morgan fingerprint density at radius 3 is 2.71 bits per heavy atom. The van der Waals surface area contributed by atoms with Gasteiger partial charge in [0.15, 0.2) is 0 Å². The highest BCUT2D eigenvalue weighted by atomic mass is 16.2. The number of hydrogen-bond donors (Lipinski definition) is 2. The van der Waals surface area contributed by atoms with Gasteiger partial charge >= 0.3 is 6.03 Å². The van der Waals surface area contributed by atoms with E-state index in [0.29, 0.717) is 0 Å². The number of carbonyl (C=O) groups is 1. The van der Waals surface area contributed by atoms with E-state index in [1.54, 1.807) is 0 Å². The summed E-state index contributed by atoms with van der Waals surface area (Å²) in [5.74, 6) is 0. The lowest BCUT2D eigenvalue weighted by molar-refractivity contribution is 0.247. The van der Waals surface area contributed by atoms with Crippen molar-refractivity contribution in [3.05, 3.63) is 65.2 Å². The number of fused-ring (bicyclic) bond motifs is 1. The largest absolute Gasteiger partial charge is 0.331 e. The maximum atomic E-state index is 12.2. The highest BCUT2D eigenvalue weighted by Crippen LogP contribution is 2.29. The fourth-order valence-electron chi connectivity index (χ4n) is 2.93. The minimum Gasteiger partial charge on any atom is -0.331 e. The average molecular weight is 280 g/mol. The van der Waals surface area contributed by atoms with Gasteiger partial charge in [0.25, 0.3) is 0 Å². The normalized spacial score (nSPS) is 16.9. The van der Waals surface area contributed by atoms with E-state index in [9.17, 15) is 4.79 Å². The van der Waals surface area contributed by atoms with Gasteiger partial charge in [-0.3, -0.25) is 0 Å². The molecule has 3 rings (SSSR count). The van der Waals surface area contributed by atoms with E-state index in [1.807, 2.05) is 37.3 Å². The lowest BCUT2D eigenvalue weighted by Crippen LogP contribution is -2.34. The molecule has 108 valence electrons. The van der Waals surface area contributed by atoms with E-state index in [-0.39, 0.29) is 12.1 Å². The molecule has 0 aromatic heterocycles. The SMILES string of the molecule is Cc1ccccc1NC(=O)N[C@H]1CCCc2ccccc21. The second kappa shape index (κ2) is 6.00. The highest BCUT2D eigenvalue weighted by Gasteiger charge is 2.21. The minimum absolute atomic E-state index is 0.110. The third-order valence-corrected chi connectivity index (χ3v) is 4.07. The molecular weight excluding hydrogens is 260 g/mol. The van der Waals surface area contributed by atoms with Crippen molar-refractivity contribution in [2.24, 2.45) is 0 Å². The summed E-state index contributed by atoms with van der Waals surface area (Å²) >= 11 is 0. The van der Waals surface area contributed by atoms with Crippen LogP contribution in [0, 0.1) is 6.92 Å². The summed E-state index contributed by atoms with van der Waals surface area (Å²) < 4.78 is 0. The molecule has 2 amide bonds. The van der Waals surface area contributed by atoms with Crippen LogP contribution in [0.5, 0.6) is 0 Å². The Balaban J connectivity index is 1.70. The van der Waals surface area contributed by atoms with Gasteiger partial charge in [0, 0.05) is 5.69 Å². The Morgan fingerprint density at radius 1 is 1.10 bits per heavy atom. The first kappa shape index (κ1) is 13.7. The molecule has 0 saturated heterocycles. The fraction of sp³-hybridized carbons (Fsp3) is 0.278. The van der Waals surface area contributed by atoms with Crippen LogP contribution >= 0.6 is 0 Å².